The molecule has 0 heterocycles. The molecule has 0 aliphatic heterocycles. The van der Waals surface area contributed by atoms with Crippen LogP contribution in [0.3, 0.4) is 0 Å². The van der Waals surface area contributed by atoms with E-state index in [0.29, 0.717) is 6.54 Å². The molecule has 0 radical (unpaired) electrons. The quantitative estimate of drug-likeness (QED) is 0.492. The van der Waals surface area contributed by atoms with Crippen molar-refractivity contribution < 1.29 is 9.59 Å². The summed E-state index contributed by atoms with van der Waals surface area (Å²) in [6.07, 6.45) is 6.70. The fourth-order valence-electron chi connectivity index (χ4n) is 4.11. The largest absolute Gasteiger partial charge is 0.351 e. The second-order valence-corrected chi connectivity index (χ2v) is 8.42. The van der Waals surface area contributed by atoms with Crippen LogP contribution < -0.4 is 5.32 Å². The molecule has 1 saturated carbocycles. The summed E-state index contributed by atoms with van der Waals surface area (Å²) in [7, 11) is 0. The van der Waals surface area contributed by atoms with Crippen molar-refractivity contribution in [2.75, 3.05) is 5.88 Å². The highest BCUT2D eigenvalue weighted by atomic mass is 35.5. The first kappa shape index (κ1) is 22.4. The van der Waals surface area contributed by atoms with Crippen molar-refractivity contribution in [2.45, 2.75) is 64.1 Å². The van der Waals surface area contributed by atoms with E-state index in [-0.39, 0.29) is 23.7 Å². The molecule has 1 fully saturated rings. The van der Waals surface area contributed by atoms with E-state index in [1.807, 2.05) is 61.5 Å². The number of rotatable bonds is 7. The number of halogens is 1. The van der Waals surface area contributed by atoms with Crippen molar-refractivity contribution in [3.8, 4) is 0 Å². The summed E-state index contributed by atoms with van der Waals surface area (Å²) in [5.41, 5.74) is 2.89. The van der Waals surface area contributed by atoms with E-state index in [1.165, 1.54) is 12.8 Å². The first-order valence-corrected chi connectivity index (χ1v) is 11.4. The molecular formula is C25H31ClN2O2. The van der Waals surface area contributed by atoms with Crippen molar-refractivity contribution in [1.82, 2.24) is 10.2 Å². The van der Waals surface area contributed by atoms with E-state index < -0.39 is 6.04 Å². The number of nitrogens with zero attached hydrogens (tertiary/aromatic N) is 1. The summed E-state index contributed by atoms with van der Waals surface area (Å²) in [5, 5.41) is 3.24. The normalized spacial score (nSPS) is 15.8. The van der Waals surface area contributed by atoms with Crippen LogP contribution in [0.4, 0.5) is 0 Å². The van der Waals surface area contributed by atoms with Gasteiger partial charge in [0.05, 0.1) is 0 Å². The van der Waals surface area contributed by atoms with Crippen molar-refractivity contribution >= 4 is 23.4 Å². The highest BCUT2D eigenvalue weighted by molar-refractivity contribution is 6.27. The molecule has 0 saturated heterocycles. The zero-order valence-electron chi connectivity index (χ0n) is 17.6. The lowest BCUT2D eigenvalue weighted by molar-refractivity contribution is -0.140. The van der Waals surface area contributed by atoms with Crippen LogP contribution >= 0.6 is 11.6 Å². The zero-order valence-corrected chi connectivity index (χ0v) is 18.4. The number of carbonyl (C=O) groups excluding carboxylic acids is 2. The van der Waals surface area contributed by atoms with Gasteiger partial charge in [-0.3, -0.25) is 9.59 Å². The lowest BCUT2D eigenvalue weighted by Crippen LogP contribution is -2.46. The Hall–Kier alpha value is -2.33. The molecule has 0 spiro atoms. The van der Waals surface area contributed by atoms with Gasteiger partial charge in [0.25, 0.3) is 0 Å². The number of nitrogens with one attached hydrogen (secondary N) is 1. The third-order valence-electron chi connectivity index (χ3n) is 5.79. The topological polar surface area (TPSA) is 49.4 Å². The van der Waals surface area contributed by atoms with Crippen molar-refractivity contribution in [3.05, 3.63) is 71.3 Å². The van der Waals surface area contributed by atoms with Crippen LogP contribution in [0.25, 0.3) is 0 Å². The number of hydrogen-bond acceptors (Lipinski definition) is 2. The minimum Gasteiger partial charge on any atom is -0.351 e. The standard InChI is InChI=1S/C25H31ClN2O2/c1-19-13-15-21(16-14-19)24(25(30)27-22-11-7-2-3-8-12-22)28(23(29)17-26)18-20-9-5-4-6-10-20/h4-6,9-10,13-16,22,24H,2-3,7-8,11-12,17-18H2,1H3,(H,27,30). The summed E-state index contributed by atoms with van der Waals surface area (Å²) in [6, 6.07) is 17.0. The number of hydrogen-bond donors (Lipinski definition) is 1. The first-order valence-electron chi connectivity index (χ1n) is 10.8. The fraction of sp³-hybridized carbons (Fsp3) is 0.440. The lowest BCUT2D eigenvalue weighted by Gasteiger charge is -2.32. The molecule has 160 valence electrons. The van der Waals surface area contributed by atoms with Gasteiger partial charge in [-0.2, -0.15) is 0 Å². The molecule has 4 nitrogen and oxygen atoms in total. The van der Waals surface area contributed by atoms with Gasteiger partial charge in [0.2, 0.25) is 11.8 Å². The molecule has 3 rings (SSSR count). The molecule has 0 bridgehead atoms. The van der Waals surface area contributed by atoms with Gasteiger partial charge in [0.1, 0.15) is 11.9 Å². The van der Waals surface area contributed by atoms with Gasteiger partial charge in [-0.25, -0.2) is 0 Å². The Kier molecular flexibility index (Phi) is 8.32. The Bertz CT molecular complexity index is 815. The highest BCUT2D eigenvalue weighted by Gasteiger charge is 2.32. The van der Waals surface area contributed by atoms with Gasteiger partial charge in [-0.1, -0.05) is 85.8 Å². The van der Waals surface area contributed by atoms with E-state index in [2.05, 4.69) is 5.32 Å². The second kappa shape index (κ2) is 11.2. The molecule has 1 aliphatic carbocycles. The van der Waals surface area contributed by atoms with E-state index in [4.69, 9.17) is 11.6 Å². The molecule has 2 aromatic rings. The fourth-order valence-corrected chi connectivity index (χ4v) is 4.26. The molecule has 1 unspecified atom stereocenters. The molecule has 30 heavy (non-hydrogen) atoms. The van der Waals surface area contributed by atoms with Crippen LogP contribution in [0.5, 0.6) is 0 Å². The van der Waals surface area contributed by atoms with E-state index in [0.717, 1.165) is 42.4 Å². The highest BCUT2D eigenvalue weighted by Crippen LogP contribution is 2.26. The lowest BCUT2D eigenvalue weighted by atomic mass is 10.0. The molecule has 1 atom stereocenters. The first-order chi connectivity index (χ1) is 14.6. The SMILES string of the molecule is Cc1ccc(C(C(=O)NC2CCCCCC2)N(Cc2ccccc2)C(=O)CCl)cc1. The smallest absolute Gasteiger partial charge is 0.247 e. The summed E-state index contributed by atoms with van der Waals surface area (Å²) in [4.78, 5) is 28.0. The Labute approximate surface area is 184 Å². The summed E-state index contributed by atoms with van der Waals surface area (Å²) in [6.45, 7) is 2.35. The molecule has 2 aromatic carbocycles. The van der Waals surface area contributed by atoms with Crippen molar-refractivity contribution in [3.63, 3.8) is 0 Å². The molecule has 1 aliphatic rings. The third-order valence-corrected chi connectivity index (χ3v) is 6.01. The maximum absolute atomic E-state index is 13.5. The van der Waals surface area contributed by atoms with Gasteiger partial charge < -0.3 is 10.2 Å². The number of benzene rings is 2. The predicted molar refractivity (Wildman–Crippen MR) is 121 cm³/mol. The van der Waals surface area contributed by atoms with Crippen LogP contribution in [0, 0.1) is 6.92 Å². The molecule has 0 aromatic heterocycles. The summed E-state index contributed by atoms with van der Waals surface area (Å²) in [5.74, 6) is -0.534. The van der Waals surface area contributed by atoms with Gasteiger partial charge >= 0.3 is 0 Å². The van der Waals surface area contributed by atoms with E-state index in [1.54, 1.807) is 4.90 Å². The van der Waals surface area contributed by atoms with Crippen molar-refractivity contribution in [2.24, 2.45) is 0 Å². The maximum atomic E-state index is 13.5. The average Bonchev–Trinajstić information content (AvgIpc) is 3.03. The minimum absolute atomic E-state index is 0.125. The molecule has 5 heteroatoms. The van der Waals surface area contributed by atoms with Crippen LogP contribution in [-0.2, 0) is 16.1 Å². The van der Waals surface area contributed by atoms with Crippen LogP contribution in [0.2, 0.25) is 0 Å². The second-order valence-electron chi connectivity index (χ2n) is 8.15. The Morgan fingerprint density at radius 2 is 1.63 bits per heavy atom. The number of carbonyl (C=O) groups is 2. The third kappa shape index (κ3) is 6.09. The monoisotopic (exact) mass is 426 g/mol. The van der Waals surface area contributed by atoms with Crippen LogP contribution in [-0.4, -0.2) is 28.6 Å². The Balaban J connectivity index is 1.91. The predicted octanol–water partition coefficient (Wildman–Crippen LogP) is 5.14. The van der Waals surface area contributed by atoms with Gasteiger partial charge in [-0.15, -0.1) is 11.6 Å². The van der Waals surface area contributed by atoms with Gasteiger partial charge in [0.15, 0.2) is 0 Å². The molecular weight excluding hydrogens is 396 g/mol. The van der Waals surface area contributed by atoms with Gasteiger partial charge in [-0.05, 0) is 30.9 Å². The summed E-state index contributed by atoms with van der Waals surface area (Å²) >= 11 is 5.96. The average molecular weight is 427 g/mol. The minimum atomic E-state index is -0.708. The van der Waals surface area contributed by atoms with Crippen LogP contribution in [0.15, 0.2) is 54.6 Å². The Morgan fingerprint density at radius 3 is 2.23 bits per heavy atom. The van der Waals surface area contributed by atoms with E-state index in [9.17, 15) is 9.59 Å². The molecule has 1 N–H and O–H groups in total. The van der Waals surface area contributed by atoms with Crippen molar-refractivity contribution in [1.29, 1.82) is 0 Å². The maximum Gasteiger partial charge on any atom is 0.247 e. The Morgan fingerprint density at radius 1 is 1.00 bits per heavy atom. The van der Waals surface area contributed by atoms with Gasteiger partial charge in [0, 0.05) is 12.6 Å². The number of aryl methyl sites for hydroxylation is 1. The number of alkyl halides is 1. The summed E-state index contributed by atoms with van der Waals surface area (Å²) < 4.78 is 0. The zero-order chi connectivity index (χ0) is 21.3. The van der Waals surface area contributed by atoms with Crippen LogP contribution in [0.1, 0.15) is 61.3 Å². The van der Waals surface area contributed by atoms with E-state index >= 15 is 0 Å². The molecule has 2 amide bonds. The number of amides is 2.